The van der Waals surface area contributed by atoms with Crippen LogP contribution in [0.15, 0.2) is 54.1 Å². The lowest BCUT2D eigenvalue weighted by Gasteiger charge is -2.31. The molecule has 0 aromatic carbocycles. The van der Waals surface area contributed by atoms with Crippen LogP contribution < -0.4 is 10.2 Å². The fourth-order valence-electron chi connectivity index (χ4n) is 4.52. The van der Waals surface area contributed by atoms with Crippen LogP contribution in [0.25, 0.3) is 5.65 Å². The number of imidazole rings is 1. The van der Waals surface area contributed by atoms with E-state index in [4.69, 9.17) is 4.98 Å². The summed E-state index contributed by atoms with van der Waals surface area (Å²) < 4.78 is 25.7. The predicted molar refractivity (Wildman–Crippen MR) is 136 cm³/mol. The van der Waals surface area contributed by atoms with Gasteiger partial charge >= 0.3 is 0 Å². The highest BCUT2D eigenvalue weighted by atomic mass is 32.2. The van der Waals surface area contributed by atoms with Crippen LogP contribution in [0.2, 0.25) is 0 Å². The van der Waals surface area contributed by atoms with Gasteiger partial charge in [0.25, 0.3) is 0 Å². The minimum atomic E-state index is -3.35. The fourth-order valence-corrected chi connectivity index (χ4v) is 5.14. The van der Waals surface area contributed by atoms with Crippen molar-refractivity contribution in [2.75, 3.05) is 29.6 Å². The molecule has 5 heterocycles. The van der Waals surface area contributed by atoms with E-state index in [0.717, 1.165) is 67.1 Å². The number of nitrogens with one attached hydrogen (secondary N) is 1. The van der Waals surface area contributed by atoms with Gasteiger partial charge in [-0.25, -0.2) is 28.4 Å². The monoisotopic (exact) mass is 491 g/mol. The minimum Gasteiger partial charge on any atom is -0.351 e. The molecule has 35 heavy (non-hydrogen) atoms. The van der Waals surface area contributed by atoms with Gasteiger partial charge in [0.15, 0.2) is 20.5 Å². The molecule has 0 unspecified atom stereocenters. The summed E-state index contributed by atoms with van der Waals surface area (Å²) in [4.78, 5) is 20.3. The van der Waals surface area contributed by atoms with Gasteiger partial charge in [-0.05, 0) is 56.0 Å². The Morgan fingerprint density at radius 1 is 1.03 bits per heavy atom. The Balaban J connectivity index is 1.34. The van der Waals surface area contributed by atoms with E-state index in [1.807, 2.05) is 36.9 Å². The van der Waals surface area contributed by atoms with Crippen LogP contribution in [0.3, 0.4) is 0 Å². The molecular weight excluding hydrogens is 462 g/mol. The maximum absolute atomic E-state index is 11.8. The summed E-state index contributed by atoms with van der Waals surface area (Å²) in [6, 6.07) is 7.23. The van der Waals surface area contributed by atoms with Gasteiger partial charge in [0, 0.05) is 55.7 Å². The SMILES string of the molecule is CCc1cnc(N2CCC(c3cnc4c(Nc5ccc(S(C)(=O)=O)nc5C)cccn34)CC2)nc1. The average molecular weight is 492 g/mol. The van der Waals surface area contributed by atoms with Crippen molar-refractivity contribution in [2.24, 2.45) is 0 Å². The number of hydrogen-bond acceptors (Lipinski definition) is 8. The van der Waals surface area contributed by atoms with E-state index >= 15 is 0 Å². The second kappa shape index (κ2) is 9.26. The smallest absolute Gasteiger partial charge is 0.225 e. The third kappa shape index (κ3) is 4.70. The number of rotatable bonds is 6. The van der Waals surface area contributed by atoms with E-state index in [2.05, 4.69) is 36.5 Å². The van der Waals surface area contributed by atoms with E-state index < -0.39 is 9.84 Å². The summed E-state index contributed by atoms with van der Waals surface area (Å²) in [6.45, 7) is 5.70. The minimum absolute atomic E-state index is 0.0694. The molecule has 4 aromatic rings. The van der Waals surface area contributed by atoms with Gasteiger partial charge in [-0.15, -0.1) is 0 Å². The molecule has 1 fully saturated rings. The molecule has 0 aliphatic carbocycles. The van der Waals surface area contributed by atoms with Crippen LogP contribution in [-0.2, 0) is 16.3 Å². The van der Waals surface area contributed by atoms with Gasteiger partial charge < -0.3 is 14.6 Å². The second-order valence-electron chi connectivity index (χ2n) is 8.98. The average Bonchev–Trinajstić information content (AvgIpc) is 3.30. The number of aryl methyl sites for hydroxylation is 2. The van der Waals surface area contributed by atoms with Crippen molar-refractivity contribution in [3.63, 3.8) is 0 Å². The molecular formula is C25H29N7O2S. The molecule has 182 valence electrons. The molecule has 9 nitrogen and oxygen atoms in total. The third-order valence-corrected chi connectivity index (χ3v) is 7.56. The van der Waals surface area contributed by atoms with Crippen LogP contribution in [0.4, 0.5) is 17.3 Å². The highest BCUT2D eigenvalue weighted by Gasteiger charge is 2.25. The zero-order valence-electron chi connectivity index (χ0n) is 20.1. The quantitative estimate of drug-likeness (QED) is 0.433. The summed E-state index contributed by atoms with van der Waals surface area (Å²) in [5.41, 5.74) is 5.37. The lowest BCUT2D eigenvalue weighted by Crippen LogP contribution is -2.34. The van der Waals surface area contributed by atoms with E-state index in [9.17, 15) is 8.42 Å². The Bertz CT molecular complexity index is 1460. The highest BCUT2D eigenvalue weighted by molar-refractivity contribution is 7.90. The topological polar surface area (TPSA) is 105 Å². The van der Waals surface area contributed by atoms with Gasteiger partial charge in [0.1, 0.15) is 0 Å². The summed E-state index contributed by atoms with van der Waals surface area (Å²) >= 11 is 0. The summed E-state index contributed by atoms with van der Waals surface area (Å²) in [5, 5.41) is 3.45. The predicted octanol–water partition coefficient (Wildman–Crippen LogP) is 3.92. The molecule has 0 radical (unpaired) electrons. The van der Waals surface area contributed by atoms with E-state index in [-0.39, 0.29) is 5.03 Å². The van der Waals surface area contributed by atoms with Gasteiger partial charge in [0.2, 0.25) is 5.95 Å². The van der Waals surface area contributed by atoms with E-state index in [0.29, 0.717) is 11.6 Å². The Morgan fingerprint density at radius 2 is 1.77 bits per heavy atom. The number of fused-ring (bicyclic) bond motifs is 1. The molecule has 0 saturated carbocycles. The third-order valence-electron chi connectivity index (χ3n) is 6.57. The van der Waals surface area contributed by atoms with Crippen molar-refractivity contribution in [3.8, 4) is 0 Å². The number of aromatic nitrogens is 5. The highest BCUT2D eigenvalue weighted by Crippen LogP contribution is 2.32. The molecule has 10 heteroatoms. The first kappa shape index (κ1) is 23.2. The van der Waals surface area contributed by atoms with Crippen molar-refractivity contribution < 1.29 is 8.42 Å². The fraction of sp³-hybridized carbons (Fsp3) is 0.360. The van der Waals surface area contributed by atoms with Crippen LogP contribution in [0.1, 0.15) is 42.6 Å². The second-order valence-corrected chi connectivity index (χ2v) is 10.9. The molecule has 1 N–H and O–H groups in total. The molecule has 0 atom stereocenters. The van der Waals surface area contributed by atoms with Gasteiger partial charge in [-0.2, -0.15) is 0 Å². The largest absolute Gasteiger partial charge is 0.351 e. The molecule has 0 amide bonds. The number of sulfone groups is 1. The zero-order valence-corrected chi connectivity index (χ0v) is 21.0. The number of piperidine rings is 1. The van der Waals surface area contributed by atoms with Gasteiger partial charge in [0.05, 0.1) is 17.1 Å². The Hall–Kier alpha value is -3.53. The van der Waals surface area contributed by atoms with Crippen LogP contribution in [0, 0.1) is 6.92 Å². The van der Waals surface area contributed by atoms with E-state index in [1.54, 1.807) is 13.0 Å². The maximum atomic E-state index is 11.8. The lowest BCUT2D eigenvalue weighted by atomic mass is 9.94. The lowest BCUT2D eigenvalue weighted by molar-refractivity contribution is 0.488. The number of pyridine rings is 2. The Labute approximate surface area is 205 Å². The zero-order chi connectivity index (χ0) is 24.6. The Kier molecular flexibility index (Phi) is 6.14. The van der Waals surface area contributed by atoms with Crippen LogP contribution in [-0.4, -0.2) is 52.1 Å². The molecule has 5 rings (SSSR count). The summed E-state index contributed by atoms with van der Waals surface area (Å²) in [6.07, 6.45) is 11.9. The normalized spacial score (nSPS) is 15.0. The summed E-state index contributed by atoms with van der Waals surface area (Å²) in [7, 11) is -3.35. The Morgan fingerprint density at radius 3 is 2.43 bits per heavy atom. The number of anilines is 3. The number of nitrogens with zero attached hydrogens (tertiary/aromatic N) is 6. The molecule has 4 aromatic heterocycles. The first-order valence-corrected chi connectivity index (χ1v) is 13.7. The first-order valence-electron chi connectivity index (χ1n) is 11.8. The van der Waals surface area contributed by atoms with Crippen molar-refractivity contribution in [1.29, 1.82) is 0 Å². The van der Waals surface area contributed by atoms with Crippen LogP contribution >= 0.6 is 0 Å². The van der Waals surface area contributed by atoms with Crippen molar-refractivity contribution in [2.45, 2.75) is 44.1 Å². The van der Waals surface area contributed by atoms with Crippen LogP contribution in [0.5, 0.6) is 0 Å². The van der Waals surface area contributed by atoms with E-state index in [1.165, 1.54) is 11.8 Å². The van der Waals surface area contributed by atoms with Crippen molar-refractivity contribution >= 4 is 32.8 Å². The van der Waals surface area contributed by atoms with Gasteiger partial charge in [-0.1, -0.05) is 6.92 Å². The standard InChI is InChI=1S/C25H29N7O2S/c1-4-18-14-27-25(28-15-18)31-12-9-19(10-13-31)22-16-26-24-21(6-5-11-32(22)24)30-20-7-8-23(29-17(20)2)35(3,33)34/h5-8,11,14-16,19,30H,4,9-10,12-13H2,1-3H3. The first-order chi connectivity index (χ1) is 16.8. The van der Waals surface area contributed by atoms with Gasteiger partial charge in [-0.3, -0.25) is 0 Å². The van der Waals surface area contributed by atoms with Crippen molar-refractivity contribution in [3.05, 3.63) is 66.0 Å². The molecule has 1 aliphatic heterocycles. The molecule has 1 aliphatic rings. The summed E-state index contributed by atoms with van der Waals surface area (Å²) in [5.74, 6) is 1.19. The van der Waals surface area contributed by atoms with Crippen molar-refractivity contribution in [1.82, 2.24) is 24.3 Å². The molecule has 0 spiro atoms. The molecule has 1 saturated heterocycles. The maximum Gasteiger partial charge on any atom is 0.225 e. The number of hydrogen-bond donors (Lipinski definition) is 1. The molecule has 0 bridgehead atoms.